The molecule has 2 aromatic rings. The van der Waals surface area contributed by atoms with Crippen LogP contribution in [0.25, 0.3) is 0 Å². The molecule has 0 radical (unpaired) electrons. The van der Waals surface area contributed by atoms with Gasteiger partial charge in [0.05, 0.1) is 18.8 Å². The topological polar surface area (TPSA) is 34.2 Å². The fourth-order valence-corrected chi connectivity index (χ4v) is 2.50. The third kappa shape index (κ3) is 2.31. The second kappa shape index (κ2) is 4.97. The Bertz CT molecular complexity index is 600. The molecular formula is C15H15FN2O. The first-order valence-electron chi connectivity index (χ1n) is 6.31. The predicted molar refractivity (Wildman–Crippen MR) is 70.7 cm³/mol. The van der Waals surface area contributed by atoms with Crippen molar-refractivity contribution in [2.45, 2.75) is 12.5 Å². The number of nitrogens with zero attached hydrogens (tertiary/aromatic N) is 1. The molecule has 1 aliphatic heterocycles. The van der Waals surface area contributed by atoms with Gasteiger partial charge in [0.2, 0.25) is 0 Å². The van der Waals surface area contributed by atoms with Crippen molar-refractivity contribution in [1.82, 2.24) is 10.3 Å². The van der Waals surface area contributed by atoms with Crippen molar-refractivity contribution in [2.24, 2.45) is 0 Å². The van der Waals surface area contributed by atoms with Crippen molar-refractivity contribution in [3.8, 4) is 5.75 Å². The van der Waals surface area contributed by atoms with E-state index in [9.17, 15) is 4.39 Å². The maximum absolute atomic E-state index is 13.3. The molecule has 1 aromatic heterocycles. The molecule has 0 bridgehead atoms. The van der Waals surface area contributed by atoms with Gasteiger partial charge in [0.1, 0.15) is 11.6 Å². The minimum atomic E-state index is -0.317. The van der Waals surface area contributed by atoms with E-state index >= 15 is 0 Å². The summed E-state index contributed by atoms with van der Waals surface area (Å²) < 4.78 is 18.8. The molecule has 0 saturated heterocycles. The van der Waals surface area contributed by atoms with Crippen LogP contribution in [0.5, 0.6) is 5.75 Å². The van der Waals surface area contributed by atoms with Crippen LogP contribution < -0.4 is 10.1 Å². The van der Waals surface area contributed by atoms with Gasteiger partial charge in [-0.1, -0.05) is 12.1 Å². The Morgan fingerprint density at radius 2 is 2.16 bits per heavy atom. The summed E-state index contributed by atoms with van der Waals surface area (Å²) in [5.41, 5.74) is 3.13. The first kappa shape index (κ1) is 12.1. The molecular weight excluding hydrogens is 243 g/mol. The Hall–Kier alpha value is -1.94. The number of ether oxygens (including phenoxy) is 1. The standard InChI is InChI=1S/C15H15FN2O/c1-17-15(12-7-13(16)9-18-8-12)11-2-3-14-10(6-11)4-5-19-14/h2-3,6-9,15,17H,4-5H2,1H3. The van der Waals surface area contributed by atoms with Crippen LogP contribution in [0.2, 0.25) is 0 Å². The average molecular weight is 258 g/mol. The molecule has 4 heteroatoms. The summed E-state index contributed by atoms with van der Waals surface area (Å²) in [7, 11) is 1.86. The molecule has 98 valence electrons. The van der Waals surface area contributed by atoms with Crippen LogP contribution in [0.4, 0.5) is 4.39 Å². The molecule has 19 heavy (non-hydrogen) atoms. The average Bonchev–Trinajstić information content (AvgIpc) is 2.87. The summed E-state index contributed by atoms with van der Waals surface area (Å²) in [6, 6.07) is 7.56. The van der Waals surface area contributed by atoms with E-state index in [0.29, 0.717) is 0 Å². The number of fused-ring (bicyclic) bond motifs is 1. The smallest absolute Gasteiger partial charge is 0.141 e. The molecule has 1 N–H and O–H groups in total. The van der Waals surface area contributed by atoms with Gasteiger partial charge in [0, 0.05) is 12.6 Å². The van der Waals surface area contributed by atoms with Crippen molar-refractivity contribution in [3.63, 3.8) is 0 Å². The van der Waals surface area contributed by atoms with Gasteiger partial charge < -0.3 is 10.1 Å². The van der Waals surface area contributed by atoms with Gasteiger partial charge in [-0.2, -0.15) is 0 Å². The molecule has 0 fully saturated rings. The van der Waals surface area contributed by atoms with E-state index < -0.39 is 0 Å². The Morgan fingerprint density at radius 3 is 2.95 bits per heavy atom. The van der Waals surface area contributed by atoms with Crippen LogP contribution in [-0.2, 0) is 6.42 Å². The Morgan fingerprint density at radius 1 is 1.26 bits per heavy atom. The second-order valence-electron chi connectivity index (χ2n) is 4.62. The maximum Gasteiger partial charge on any atom is 0.141 e. The molecule has 0 spiro atoms. The van der Waals surface area contributed by atoms with Crippen LogP contribution in [0.1, 0.15) is 22.7 Å². The quantitative estimate of drug-likeness (QED) is 0.918. The largest absolute Gasteiger partial charge is 0.493 e. The highest BCUT2D eigenvalue weighted by molar-refractivity contribution is 5.43. The monoisotopic (exact) mass is 258 g/mol. The number of nitrogens with one attached hydrogen (secondary N) is 1. The number of rotatable bonds is 3. The lowest BCUT2D eigenvalue weighted by Crippen LogP contribution is -2.18. The number of benzene rings is 1. The number of pyridine rings is 1. The third-order valence-electron chi connectivity index (χ3n) is 3.39. The zero-order valence-corrected chi connectivity index (χ0v) is 10.7. The summed E-state index contributed by atoms with van der Waals surface area (Å²) in [6.07, 6.45) is 3.84. The van der Waals surface area contributed by atoms with Crippen LogP contribution in [0, 0.1) is 5.82 Å². The van der Waals surface area contributed by atoms with Crippen LogP contribution >= 0.6 is 0 Å². The van der Waals surface area contributed by atoms with E-state index in [4.69, 9.17) is 4.74 Å². The highest BCUT2D eigenvalue weighted by atomic mass is 19.1. The highest BCUT2D eigenvalue weighted by Gasteiger charge is 2.17. The Labute approximate surface area is 111 Å². The van der Waals surface area contributed by atoms with E-state index in [2.05, 4.69) is 16.4 Å². The van der Waals surface area contributed by atoms with Gasteiger partial charge in [-0.15, -0.1) is 0 Å². The molecule has 1 unspecified atom stereocenters. The highest BCUT2D eigenvalue weighted by Crippen LogP contribution is 2.30. The third-order valence-corrected chi connectivity index (χ3v) is 3.39. The van der Waals surface area contributed by atoms with Crippen molar-refractivity contribution in [3.05, 3.63) is 59.2 Å². The fraction of sp³-hybridized carbons (Fsp3) is 0.267. The van der Waals surface area contributed by atoms with E-state index in [1.807, 2.05) is 19.2 Å². The molecule has 1 aliphatic rings. The van der Waals surface area contributed by atoms with E-state index in [0.717, 1.165) is 29.9 Å². The van der Waals surface area contributed by atoms with Gasteiger partial charge in [0.25, 0.3) is 0 Å². The van der Waals surface area contributed by atoms with Gasteiger partial charge in [-0.25, -0.2) is 4.39 Å². The maximum atomic E-state index is 13.3. The molecule has 2 heterocycles. The predicted octanol–water partition coefficient (Wildman–Crippen LogP) is 2.46. The lowest BCUT2D eigenvalue weighted by atomic mass is 9.97. The number of hydrogen-bond donors (Lipinski definition) is 1. The zero-order chi connectivity index (χ0) is 13.2. The molecule has 0 aliphatic carbocycles. The summed E-state index contributed by atoms with van der Waals surface area (Å²) >= 11 is 0. The van der Waals surface area contributed by atoms with Gasteiger partial charge in [0.15, 0.2) is 0 Å². The van der Waals surface area contributed by atoms with Crippen molar-refractivity contribution in [1.29, 1.82) is 0 Å². The normalized spacial score (nSPS) is 14.8. The van der Waals surface area contributed by atoms with E-state index in [1.54, 1.807) is 6.20 Å². The van der Waals surface area contributed by atoms with Gasteiger partial charge in [-0.3, -0.25) is 4.98 Å². The summed E-state index contributed by atoms with van der Waals surface area (Å²) in [6.45, 7) is 0.741. The van der Waals surface area contributed by atoms with Crippen LogP contribution in [0.15, 0.2) is 36.7 Å². The second-order valence-corrected chi connectivity index (χ2v) is 4.62. The molecule has 1 atom stereocenters. The van der Waals surface area contributed by atoms with Crippen molar-refractivity contribution in [2.75, 3.05) is 13.7 Å². The fourth-order valence-electron chi connectivity index (χ4n) is 2.50. The van der Waals surface area contributed by atoms with E-state index in [-0.39, 0.29) is 11.9 Å². The number of hydrogen-bond acceptors (Lipinski definition) is 3. The first-order chi connectivity index (χ1) is 9.28. The number of halogens is 1. The molecule has 1 aromatic carbocycles. The summed E-state index contributed by atoms with van der Waals surface area (Å²) in [5.74, 6) is 0.637. The Balaban J connectivity index is 1.98. The van der Waals surface area contributed by atoms with Crippen LogP contribution in [-0.4, -0.2) is 18.6 Å². The van der Waals surface area contributed by atoms with E-state index in [1.165, 1.54) is 17.8 Å². The summed E-state index contributed by atoms with van der Waals surface area (Å²) in [4.78, 5) is 3.91. The van der Waals surface area contributed by atoms with Gasteiger partial charge in [-0.05, 0) is 35.9 Å². The van der Waals surface area contributed by atoms with Gasteiger partial charge >= 0.3 is 0 Å². The minimum absolute atomic E-state index is 0.0610. The lowest BCUT2D eigenvalue weighted by molar-refractivity contribution is 0.357. The SMILES string of the molecule is CNC(c1cncc(F)c1)c1ccc2c(c1)CCO2. The molecule has 3 rings (SSSR count). The lowest BCUT2D eigenvalue weighted by Gasteiger charge is -2.17. The first-order valence-corrected chi connectivity index (χ1v) is 6.31. The van der Waals surface area contributed by atoms with Crippen molar-refractivity contribution < 1.29 is 9.13 Å². The molecule has 3 nitrogen and oxygen atoms in total. The van der Waals surface area contributed by atoms with Crippen molar-refractivity contribution >= 4 is 0 Å². The Kier molecular flexibility index (Phi) is 3.17. The zero-order valence-electron chi connectivity index (χ0n) is 10.7. The number of aromatic nitrogens is 1. The molecule has 0 amide bonds. The minimum Gasteiger partial charge on any atom is -0.493 e. The summed E-state index contributed by atoms with van der Waals surface area (Å²) in [5, 5.41) is 3.21. The van der Waals surface area contributed by atoms with Crippen LogP contribution in [0.3, 0.4) is 0 Å². The molecule has 0 saturated carbocycles.